The molecule has 0 aromatic heterocycles. The molecule has 0 aromatic rings. The van der Waals surface area contributed by atoms with Gasteiger partial charge in [-0.15, -0.1) is 4.39 Å². The van der Waals surface area contributed by atoms with Crippen LogP contribution in [0.25, 0.3) is 0 Å². The Morgan fingerprint density at radius 2 is 2.14 bits per heavy atom. The van der Waals surface area contributed by atoms with E-state index >= 15 is 0 Å². The summed E-state index contributed by atoms with van der Waals surface area (Å²) < 4.78 is 8.50. The Labute approximate surface area is 51.7 Å². The summed E-state index contributed by atoms with van der Waals surface area (Å²) in [6, 6.07) is 0. The lowest BCUT2D eigenvalue weighted by molar-refractivity contribution is -0.539. The lowest BCUT2D eigenvalue weighted by Gasteiger charge is -1.94. The van der Waals surface area contributed by atoms with Crippen LogP contribution in [0, 0.1) is 10.1 Å². The Morgan fingerprint density at radius 3 is 2.14 bits per heavy atom. The SMILES string of the molecule is O=[N+]([O-])C(F)(Cl)Br. The molecular formula is CBrClFNO2. The van der Waals surface area contributed by atoms with Crippen molar-refractivity contribution in [1.29, 1.82) is 0 Å². The van der Waals surface area contributed by atoms with Crippen molar-refractivity contribution in [2.24, 2.45) is 0 Å². The zero-order chi connectivity index (χ0) is 6.08. The molecule has 0 aromatic carbocycles. The molecular weight excluding hydrogens is 192 g/mol. The maximum absolute atomic E-state index is 11.5. The lowest BCUT2D eigenvalue weighted by Crippen LogP contribution is -2.16. The summed E-state index contributed by atoms with van der Waals surface area (Å²) in [6.45, 7) is 0. The van der Waals surface area contributed by atoms with Gasteiger partial charge in [-0.3, -0.25) is 10.1 Å². The predicted octanol–water partition coefficient (Wildman–Crippen LogP) is 1.48. The minimum Gasteiger partial charge on any atom is -0.260 e. The van der Waals surface area contributed by atoms with E-state index in [-0.39, 0.29) is 0 Å². The minimum absolute atomic E-state index is 1.30. The van der Waals surface area contributed by atoms with Crippen molar-refractivity contribution in [2.45, 2.75) is 4.16 Å². The molecule has 0 aliphatic carbocycles. The van der Waals surface area contributed by atoms with Crippen molar-refractivity contribution in [2.75, 3.05) is 0 Å². The standard InChI is InChI=1S/CBrClFNO2/c2-1(3,4)5(6)7. The van der Waals surface area contributed by atoms with Crippen LogP contribution in [0.4, 0.5) is 4.39 Å². The van der Waals surface area contributed by atoms with Gasteiger partial charge in [0, 0.05) is 11.6 Å². The molecule has 0 spiro atoms. The smallest absolute Gasteiger partial charge is 0.260 e. The molecule has 1 atom stereocenters. The van der Waals surface area contributed by atoms with E-state index in [2.05, 4.69) is 11.6 Å². The number of hydrogen-bond acceptors (Lipinski definition) is 2. The van der Waals surface area contributed by atoms with Crippen LogP contribution in [-0.4, -0.2) is 9.08 Å². The van der Waals surface area contributed by atoms with Crippen molar-refractivity contribution in [3.05, 3.63) is 10.1 Å². The summed E-state index contributed by atoms with van der Waals surface area (Å²) in [7, 11) is 0. The van der Waals surface area contributed by atoms with Crippen molar-refractivity contribution >= 4 is 27.5 Å². The topological polar surface area (TPSA) is 43.1 Å². The highest BCUT2D eigenvalue weighted by Crippen LogP contribution is 2.24. The van der Waals surface area contributed by atoms with Crippen LogP contribution in [0.3, 0.4) is 0 Å². The van der Waals surface area contributed by atoms with Gasteiger partial charge < -0.3 is 0 Å². The molecule has 6 heteroatoms. The average Bonchev–Trinajstić information content (AvgIpc) is 1.31. The van der Waals surface area contributed by atoms with Gasteiger partial charge in [0.2, 0.25) is 0 Å². The Hall–Kier alpha value is 0.1000. The fraction of sp³-hybridized carbons (Fsp3) is 1.00. The molecule has 0 amide bonds. The minimum atomic E-state index is -2.99. The molecule has 0 aliphatic rings. The van der Waals surface area contributed by atoms with Gasteiger partial charge >= 0.3 is 4.16 Å². The Bertz CT molecular complexity index is 90.2. The van der Waals surface area contributed by atoms with Crippen molar-refractivity contribution in [1.82, 2.24) is 0 Å². The van der Waals surface area contributed by atoms with E-state index in [0.717, 1.165) is 0 Å². The highest BCUT2D eigenvalue weighted by atomic mass is 79.9. The van der Waals surface area contributed by atoms with E-state index in [1.165, 1.54) is 0 Å². The first-order valence-corrected chi connectivity index (χ1v) is 2.33. The average molecular weight is 192 g/mol. The summed E-state index contributed by atoms with van der Waals surface area (Å²) in [6.07, 6.45) is 0. The summed E-state index contributed by atoms with van der Waals surface area (Å²) in [4.78, 5) is 7.98. The maximum Gasteiger partial charge on any atom is 0.493 e. The van der Waals surface area contributed by atoms with E-state index in [1.54, 1.807) is 0 Å². The van der Waals surface area contributed by atoms with Gasteiger partial charge in [-0.25, -0.2) is 0 Å². The second-order valence-electron chi connectivity index (χ2n) is 0.725. The van der Waals surface area contributed by atoms with Crippen LogP contribution < -0.4 is 0 Å². The molecule has 0 saturated heterocycles. The molecule has 0 N–H and O–H groups in total. The molecule has 0 fully saturated rings. The molecule has 0 heterocycles. The summed E-state index contributed by atoms with van der Waals surface area (Å²) in [5.74, 6) is 0. The number of halogens is 3. The van der Waals surface area contributed by atoms with Gasteiger partial charge in [0.05, 0.1) is 20.9 Å². The third-order valence-electron chi connectivity index (χ3n) is 0.207. The molecule has 42 valence electrons. The van der Waals surface area contributed by atoms with E-state index in [1.807, 2.05) is 15.9 Å². The molecule has 0 rings (SSSR count). The van der Waals surface area contributed by atoms with Gasteiger partial charge in [0.15, 0.2) is 0 Å². The number of nitrogens with zero attached hydrogens (tertiary/aromatic N) is 1. The van der Waals surface area contributed by atoms with E-state index < -0.39 is 9.08 Å². The van der Waals surface area contributed by atoms with E-state index in [4.69, 9.17) is 0 Å². The quantitative estimate of drug-likeness (QED) is 0.273. The summed E-state index contributed by atoms with van der Waals surface area (Å²) >= 11 is 6.36. The normalized spacial score (nSPS) is 18.1. The van der Waals surface area contributed by atoms with Gasteiger partial charge in [0.25, 0.3) is 0 Å². The summed E-state index contributed by atoms with van der Waals surface area (Å²) in [5, 5.41) is 9.27. The highest BCUT2D eigenvalue weighted by molar-refractivity contribution is 9.10. The number of alkyl halides is 3. The second-order valence-corrected chi connectivity index (χ2v) is 2.73. The van der Waals surface area contributed by atoms with E-state index in [0.29, 0.717) is 0 Å². The van der Waals surface area contributed by atoms with Crippen molar-refractivity contribution in [3.63, 3.8) is 0 Å². The van der Waals surface area contributed by atoms with Crippen molar-refractivity contribution < 1.29 is 9.31 Å². The van der Waals surface area contributed by atoms with Crippen LogP contribution in [0.5, 0.6) is 0 Å². The van der Waals surface area contributed by atoms with Gasteiger partial charge in [-0.2, -0.15) is 0 Å². The van der Waals surface area contributed by atoms with Crippen LogP contribution in [0.1, 0.15) is 0 Å². The van der Waals surface area contributed by atoms with E-state index in [9.17, 15) is 14.5 Å². The number of rotatable bonds is 1. The molecule has 0 aliphatic heterocycles. The van der Waals surface area contributed by atoms with Crippen LogP contribution in [-0.2, 0) is 0 Å². The lowest BCUT2D eigenvalue weighted by atomic mass is 11.4. The molecule has 1 unspecified atom stereocenters. The molecule has 0 radical (unpaired) electrons. The number of hydrogen-bond donors (Lipinski definition) is 0. The first-order chi connectivity index (χ1) is 2.94. The molecule has 0 bridgehead atoms. The van der Waals surface area contributed by atoms with Crippen LogP contribution in [0.15, 0.2) is 0 Å². The third kappa shape index (κ3) is 2.76. The zero-order valence-electron chi connectivity index (χ0n) is 2.90. The predicted molar refractivity (Wildman–Crippen MR) is 25.6 cm³/mol. The van der Waals surface area contributed by atoms with Gasteiger partial charge in [0.1, 0.15) is 0 Å². The van der Waals surface area contributed by atoms with Crippen LogP contribution >= 0.6 is 27.5 Å². The highest BCUT2D eigenvalue weighted by Gasteiger charge is 2.35. The summed E-state index contributed by atoms with van der Waals surface area (Å²) in [5.41, 5.74) is 0. The monoisotopic (exact) mass is 191 g/mol. The first kappa shape index (κ1) is 7.10. The van der Waals surface area contributed by atoms with Crippen molar-refractivity contribution in [3.8, 4) is 0 Å². The fourth-order valence-corrected chi connectivity index (χ4v) is 0. The Morgan fingerprint density at radius 1 is 2.00 bits per heavy atom. The Balaban J connectivity index is 3.79. The van der Waals surface area contributed by atoms with Crippen LogP contribution in [0.2, 0.25) is 0 Å². The number of nitro groups is 1. The molecule has 7 heavy (non-hydrogen) atoms. The fourth-order valence-electron chi connectivity index (χ4n) is 0. The third-order valence-corrected chi connectivity index (χ3v) is 0.635. The second kappa shape index (κ2) is 1.92. The molecule has 3 nitrogen and oxygen atoms in total. The first-order valence-electron chi connectivity index (χ1n) is 1.16. The molecule has 0 saturated carbocycles. The maximum atomic E-state index is 11.5. The largest absolute Gasteiger partial charge is 0.493 e. The zero-order valence-corrected chi connectivity index (χ0v) is 5.24. The van der Waals surface area contributed by atoms with Gasteiger partial charge in [-0.1, -0.05) is 0 Å². The van der Waals surface area contributed by atoms with Gasteiger partial charge in [-0.05, 0) is 0 Å². The Kier molecular flexibility index (Phi) is 1.94.